The van der Waals surface area contributed by atoms with Crippen molar-refractivity contribution in [2.24, 2.45) is 5.84 Å². The van der Waals surface area contributed by atoms with Gasteiger partial charge in [0, 0.05) is 42.8 Å². The number of rotatable bonds is 3. The van der Waals surface area contributed by atoms with Gasteiger partial charge in [-0.15, -0.1) is 0 Å². The van der Waals surface area contributed by atoms with E-state index in [9.17, 15) is 0 Å². The van der Waals surface area contributed by atoms with Crippen molar-refractivity contribution in [2.75, 3.05) is 25.0 Å². The van der Waals surface area contributed by atoms with Crippen LogP contribution in [0, 0.1) is 6.92 Å². The van der Waals surface area contributed by atoms with E-state index < -0.39 is 0 Å². The van der Waals surface area contributed by atoms with Gasteiger partial charge in [-0.1, -0.05) is 18.2 Å². The first-order chi connectivity index (χ1) is 14.1. The molecule has 0 radical (unpaired) electrons. The molecule has 0 bridgehead atoms. The van der Waals surface area contributed by atoms with Gasteiger partial charge in [0.2, 0.25) is 0 Å². The number of nitrogens with two attached hydrogens (primary N) is 1. The molecule has 0 amide bonds. The van der Waals surface area contributed by atoms with E-state index in [1.165, 1.54) is 0 Å². The van der Waals surface area contributed by atoms with E-state index in [4.69, 9.17) is 10.8 Å². The fourth-order valence-electron chi connectivity index (χ4n) is 4.28. The molecule has 4 aromatic rings. The minimum absolute atomic E-state index is 0.447. The SMILES string of the molecule is Cc1cc(-c2cnn3cc(N4CCC(N(C)N)CC4)cnc23)c2ccccc2n1. The summed E-state index contributed by atoms with van der Waals surface area (Å²) in [5.41, 5.74) is 6.09. The summed E-state index contributed by atoms with van der Waals surface area (Å²) < 4.78 is 1.89. The minimum atomic E-state index is 0.447. The summed E-state index contributed by atoms with van der Waals surface area (Å²) in [7, 11) is 1.95. The van der Waals surface area contributed by atoms with Crippen molar-refractivity contribution in [3.05, 3.63) is 54.6 Å². The Morgan fingerprint density at radius 2 is 1.90 bits per heavy atom. The zero-order valence-corrected chi connectivity index (χ0v) is 16.8. The second-order valence-electron chi connectivity index (χ2n) is 7.85. The summed E-state index contributed by atoms with van der Waals surface area (Å²) in [5.74, 6) is 5.92. The number of nitrogens with zero attached hydrogens (tertiary/aromatic N) is 6. The molecule has 0 aliphatic carbocycles. The van der Waals surface area contributed by atoms with Gasteiger partial charge in [0.05, 0.1) is 29.8 Å². The molecule has 7 nitrogen and oxygen atoms in total. The van der Waals surface area contributed by atoms with Gasteiger partial charge in [-0.3, -0.25) is 10.8 Å². The van der Waals surface area contributed by atoms with Gasteiger partial charge in [0.1, 0.15) is 0 Å². The summed E-state index contributed by atoms with van der Waals surface area (Å²) in [4.78, 5) is 11.8. The molecule has 0 spiro atoms. The quantitative estimate of drug-likeness (QED) is 0.430. The van der Waals surface area contributed by atoms with Crippen LogP contribution in [0.1, 0.15) is 18.5 Å². The lowest BCUT2D eigenvalue weighted by molar-refractivity contribution is 0.212. The summed E-state index contributed by atoms with van der Waals surface area (Å²) >= 11 is 0. The van der Waals surface area contributed by atoms with E-state index in [-0.39, 0.29) is 0 Å². The molecule has 5 rings (SSSR count). The van der Waals surface area contributed by atoms with Crippen molar-refractivity contribution < 1.29 is 0 Å². The van der Waals surface area contributed by atoms with Crippen LogP contribution in [-0.2, 0) is 0 Å². The number of hydrazine groups is 1. The lowest BCUT2D eigenvalue weighted by Gasteiger charge is -2.35. The molecule has 1 aliphatic rings. The molecule has 0 unspecified atom stereocenters. The zero-order valence-electron chi connectivity index (χ0n) is 16.8. The fourth-order valence-corrected chi connectivity index (χ4v) is 4.28. The van der Waals surface area contributed by atoms with Crippen LogP contribution < -0.4 is 10.7 Å². The van der Waals surface area contributed by atoms with Crippen molar-refractivity contribution in [1.82, 2.24) is 24.6 Å². The third kappa shape index (κ3) is 3.22. The maximum atomic E-state index is 5.92. The van der Waals surface area contributed by atoms with E-state index in [1.807, 2.05) is 54.1 Å². The molecule has 29 heavy (non-hydrogen) atoms. The highest BCUT2D eigenvalue weighted by Gasteiger charge is 2.22. The Bertz CT molecular complexity index is 1170. The van der Waals surface area contributed by atoms with Gasteiger partial charge in [-0.2, -0.15) is 5.10 Å². The number of anilines is 1. The van der Waals surface area contributed by atoms with Crippen LogP contribution in [0.4, 0.5) is 5.69 Å². The van der Waals surface area contributed by atoms with E-state index in [2.05, 4.69) is 33.3 Å². The number of piperidine rings is 1. The van der Waals surface area contributed by atoms with Gasteiger partial charge in [0.15, 0.2) is 5.65 Å². The van der Waals surface area contributed by atoms with Gasteiger partial charge < -0.3 is 4.90 Å². The topological polar surface area (TPSA) is 75.6 Å². The third-order valence-corrected chi connectivity index (χ3v) is 5.88. The Labute approximate surface area is 169 Å². The molecule has 1 fully saturated rings. The van der Waals surface area contributed by atoms with Crippen LogP contribution in [0.3, 0.4) is 0 Å². The summed E-state index contributed by atoms with van der Waals surface area (Å²) in [6.45, 7) is 3.97. The average molecular weight is 387 g/mol. The summed E-state index contributed by atoms with van der Waals surface area (Å²) in [5, 5.41) is 7.56. The average Bonchev–Trinajstić information content (AvgIpc) is 3.16. The Kier molecular flexibility index (Phi) is 4.41. The van der Waals surface area contributed by atoms with Crippen LogP contribution in [-0.4, -0.2) is 50.8 Å². The summed E-state index contributed by atoms with van der Waals surface area (Å²) in [6.07, 6.45) is 8.05. The predicted octanol–water partition coefficient (Wildman–Crippen LogP) is 3.03. The van der Waals surface area contributed by atoms with Crippen LogP contribution in [0.15, 0.2) is 48.9 Å². The number of pyridine rings is 1. The normalized spacial score (nSPS) is 15.7. The van der Waals surface area contributed by atoms with Crippen LogP contribution in [0.25, 0.3) is 27.7 Å². The van der Waals surface area contributed by atoms with Crippen LogP contribution >= 0.6 is 0 Å². The Hall–Kier alpha value is -3.03. The van der Waals surface area contributed by atoms with Gasteiger partial charge >= 0.3 is 0 Å². The highest BCUT2D eigenvalue weighted by Crippen LogP contribution is 2.31. The number of para-hydroxylation sites is 1. The van der Waals surface area contributed by atoms with Crippen molar-refractivity contribution in [1.29, 1.82) is 0 Å². The molecule has 148 valence electrons. The highest BCUT2D eigenvalue weighted by molar-refractivity contribution is 5.98. The maximum absolute atomic E-state index is 5.92. The molecule has 1 aliphatic heterocycles. The predicted molar refractivity (Wildman–Crippen MR) is 116 cm³/mol. The largest absolute Gasteiger partial charge is 0.369 e. The molecule has 0 saturated carbocycles. The van der Waals surface area contributed by atoms with Gasteiger partial charge in [-0.05, 0) is 37.5 Å². The molecular formula is C22H25N7. The lowest BCUT2D eigenvalue weighted by atomic mass is 10.0. The maximum Gasteiger partial charge on any atom is 0.162 e. The second kappa shape index (κ2) is 7.09. The van der Waals surface area contributed by atoms with E-state index in [0.29, 0.717) is 6.04 Å². The first-order valence-electron chi connectivity index (χ1n) is 10.0. The minimum Gasteiger partial charge on any atom is -0.369 e. The Morgan fingerprint density at radius 1 is 1.10 bits per heavy atom. The first kappa shape index (κ1) is 18.0. The fraction of sp³-hybridized carbons (Fsp3) is 0.318. The monoisotopic (exact) mass is 387 g/mol. The lowest BCUT2D eigenvalue weighted by Crippen LogP contribution is -2.46. The molecule has 1 aromatic carbocycles. The molecule has 4 heterocycles. The smallest absolute Gasteiger partial charge is 0.162 e. The molecule has 1 saturated heterocycles. The molecular weight excluding hydrogens is 362 g/mol. The number of fused-ring (bicyclic) bond motifs is 2. The second-order valence-corrected chi connectivity index (χ2v) is 7.85. The zero-order chi connectivity index (χ0) is 20.0. The van der Waals surface area contributed by atoms with Crippen molar-refractivity contribution in [3.8, 4) is 11.1 Å². The molecule has 3 aromatic heterocycles. The first-order valence-corrected chi connectivity index (χ1v) is 10.0. The summed E-state index contributed by atoms with van der Waals surface area (Å²) in [6, 6.07) is 10.8. The number of hydrogen-bond donors (Lipinski definition) is 1. The van der Waals surface area contributed by atoms with Crippen molar-refractivity contribution in [2.45, 2.75) is 25.8 Å². The third-order valence-electron chi connectivity index (χ3n) is 5.88. The Balaban J connectivity index is 1.51. The number of aromatic nitrogens is 4. The van der Waals surface area contributed by atoms with Crippen molar-refractivity contribution >= 4 is 22.2 Å². The van der Waals surface area contributed by atoms with Gasteiger partial charge in [-0.25, -0.2) is 14.5 Å². The van der Waals surface area contributed by atoms with E-state index in [1.54, 1.807) is 0 Å². The Morgan fingerprint density at radius 3 is 2.69 bits per heavy atom. The standard InChI is InChI=1S/C22H25N7/c1-15-11-19(18-5-3-4-6-21(18)26-15)20-13-25-29-14-17(12-24-22(20)29)28-9-7-16(8-10-28)27(2)23/h3-6,11-14,16H,7-10,23H2,1-2H3. The number of aryl methyl sites for hydroxylation is 1. The van der Waals surface area contributed by atoms with Crippen molar-refractivity contribution in [3.63, 3.8) is 0 Å². The van der Waals surface area contributed by atoms with Crippen LogP contribution in [0.2, 0.25) is 0 Å². The van der Waals surface area contributed by atoms with Gasteiger partial charge in [0.25, 0.3) is 0 Å². The molecule has 7 heteroatoms. The number of benzene rings is 1. The molecule has 2 N–H and O–H groups in total. The molecule has 0 atom stereocenters. The highest BCUT2D eigenvalue weighted by atomic mass is 15.4. The number of hydrogen-bond acceptors (Lipinski definition) is 6. The van der Waals surface area contributed by atoms with Crippen LogP contribution in [0.5, 0.6) is 0 Å². The van der Waals surface area contributed by atoms with E-state index >= 15 is 0 Å². The van der Waals surface area contributed by atoms with E-state index in [0.717, 1.165) is 65.0 Å².